The van der Waals surface area contributed by atoms with Crippen molar-refractivity contribution in [3.05, 3.63) is 35.4 Å². The van der Waals surface area contributed by atoms with Crippen LogP contribution >= 0.6 is 0 Å². The molecule has 0 aromatic heterocycles. The molecule has 21 heavy (non-hydrogen) atoms. The fourth-order valence-corrected chi connectivity index (χ4v) is 3.54. The summed E-state index contributed by atoms with van der Waals surface area (Å²) >= 11 is 0. The lowest BCUT2D eigenvalue weighted by atomic mass is 9.84. The Morgan fingerprint density at radius 2 is 1.90 bits per heavy atom. The molecule has 1 fully saturated rings. The van der Waals surface area contributed by atoms with E-state index >= 15 is 0 Å². The molecule has 2 nitrogen and oxygen atoms in total. The molecule has 2 heteroatoms. The average Bonchev–Trinajstić information content (AvgIpc) is 3.00. The van der Waals surface area contributed by atoms with Crippen molar-refractivity contribution in [1.29, 1.82) is 0 Å². The summed E-state index contributed by atoms with van der Waals surface area (Å²) in [5.41, 5.74) is 2.26. The van der Waals surface area contributed by atoms with Crippen molar-refractivity contribution in [3.63, 3.8) is 0 Å². The second-order valence-corrected chi connectivity index (χ2v) is 7.15. The van der Waals surface area contributed by atoms with Crippen LogP contribution in [-0.4, -0.2) is 28.6 Å². The molecule has 2 unspecified atom stereocenters. The molecular weight excluding hydrogens is 258 g/mol. The van der Waals surface area contributed by atoms with E-state index in [4.69, 9.17) is 0 Å². The highest BCUT2D eigenvalue weighted by molar-refractivity contribution is 5.27. The van der Waals surface area contributed by atoms with Gasteiger partial charge in [0.25, 0.3) is 0 Å². The van der Waals surface area contributed by atoms with E-state index in [1.165, 1.54) is 18.4 Å². The highest BCUT2D eigenvalue weighted by atomic mass is 16.3. The predicted octanol–water partition coefficient (Wildman–Crippen LogP) is 4.18. The Morgan fingerprint density at radius 3 is 2.48 bits per heavy atom. The van der Waals surface area contributed by atoms with Crippen LogP contribution in [0.3, 0.4) is 0 Å². The largest absolute Gasteiger partial charge is 0.386 e. The number of rotatable bonds is 6. The summed E-state index contributed by atoms with van der Waals surface area (Å²) in [5, 5.41) is 11.0. The lowest BCUT2D eigenvalue weighted by molar-refractivity contribution is -0.0140. The molecule has 0 bridgehead atoms. The summed E-state index contributed by atoms with van der Waals surface area (Å²) in [6, 6.07) is 8.55. The number of likely N-dealkylation sites (tertiary alicyclic amines) is 1. The highest BCUT2D eigenvalue weighted by Crippen LogP contribution is 2.36. The molecule has 118 valence electrons. The van der Waals surface area contributed by atoms with Crippen molar-refractivity contribution >= 4 is 0 Å². The van der Waals surface area contributed by atoms with Crippen molar-refractivity contribution in [2.45, 2.75) is 65.0 Å². The Morgan fingerprint density at radius 1 is 1.24 bits per heavy atom. The highest BCUT2D eigenvalue weighted by Gasteiger charge is 2.39. The summed E-state index contributed by atoms with van der Waals surface area (Å²) in [7, 11) is 0. The van der Waals surface area contributed by atoms with E-state index in [2.05, 4.69) is 56.9 Å². The molecule has 1 aromatic carbocycles. The number of aliphatic hydroxyl groups is 1. The molecule has 2 rings (SSSR count). The molecule has 0 amide bonds. The Hall–Kier alpha value is -0.860. The zero-order chi connectivity index (χ0) is 15.5. The summed E-state index contributed by atoms with van der Waals surface area (Å²) in [4.78, 5) is 2.48. The third-order valence-electron chi connectivity index (χ3n) is 5.04. The third kappa shape index (κ3) is 3.67. The summed E-state index contributed by atoms with van der Waals surface area (Å²) in [6.45, 7) is 11.1. The minimum Gasteiger partial charge on any atom is -0.386 e. The van der Waals surface area contributed by atoms with E-state index in [0.29, 0.717) is 5.92 Å². The molecule has 1 heterocycles. The van der Waals surface area contributed by atoms with E-state index in [-0.39, 0.29) is 5.54 Å². The van der Waals surface area contributed by atoms with Gasteiger partial charge in [0, 0.05) is 5.54 Å². The first-order valence-electron chi connectivity index (χ1n) is 8.49. The fraction of sp³-hybridized carbons (Fsp3) is 0.684. The average molecular weight is 289 g/mol. The van der Waals surface area contributed by atoms with E-state index in [1.54, 1.807) is 0 Å². The molecule has 1 aromatic rings. The molecule has 1 aliphatic heterocycles. The van der Waals surface area contributed by atoms with Gasteiger partial charge in [-0.2, -0.15) is 0 Å². The van der Waals surface area contributed by atoms with Gasteiger partial charge in [-0.15, -0.1) is 0 Å². The minimum absolute atomic E-state index is 0.146. The van der Waals surface area contributed by atoms with E-state index in [0.717, 1.165) is 31.5 Å². The van der Waals surface area contributed by atoms with E-state index in [1.807, 2.05) is 0 Å². The first-order valence-corrected chi connectivity index (χ1v) is 8.49. The minimum atomic E-state index is -0.410. The zero-order valence-corrected chi connectivity index (χ0v) is 14.1. The van der Waals surface area contributed by atoms with Crippen LogP contribution in [-0.2, 0) is 6.42 Å². The van der Waals surface area contributed by atoms with Gasteiger partial charge in [0.15, 0.2) is 0 Å². The number of nitrogens with zero attached hydrogens (tertiary/aromatic N) is 1. The molecule has 0 radical (unpaired) electrons. The van der Waals surface area contributed by atoms with Crippen molar-refractivity contribution in [2.75, 3.05) is 13.1 Å². The summed E-state index contributed by atoms with van der Waals surface area (Å²) in [6.07, 6.45) is 4.16. The molecular formula is C19H31NO. The van der Waals surface area contributed by atoms with Gasteiger partial charge in [-0.1, -0.05) is 45.0 Å². The number of aliphatic hydroxyl groups excluding tert-OH is 1. The van der Waals surface area contributed by atoms with Crippen LogP contribution in [0.25, 0.3) is 0 Å². The van der Waals surface area contributed by atoms with Gasteiger partial charge in [-0.3, -0.25) is 4.90 Å². The zero-order valence-electron chi connectivity index (χ0n) is 14.1. The third-order valence-corrected chi connectivity index (χ3v) is 5.04. The quantitative estimate of drug-likeness (QED) is 0.849. The predicted molar refractivity (Wildman–Crippen MR) is 89.4 cm³/mol. The first kappa shape index (κ1) is 16.5. The second-order valence-electron chi connectivity index (χ2n) is 7.15. The van der Waals surface area contributed by atoms with Crippen molar-refractivity contribution < 1.29 is 5.11 Å². The number of hydrogen-bond donors (Lipinski definition) is 1. The normalized spacial score (nSPS) is 20.7. The Balaban J connectivity index is 2.22. The van der Waals surface area contributed by atoms with Gasteiger partial charge in [-0.25, -0.2) is 0 Å². The van der Waals surface area contributed by atoms with Crippen LogP contribution in [0.2, 0.25) is 0 Å². The van der Waals surface area contributed by atoms with E-state index < -0.39 is 6.10 Å². The van der Waals surface area contributed by atoms with Crippen LogP contribution in [0.4, 0.5) is 0 Å². The van der Waals surface area contributed by atoms with Gasteiger partial charge in [0.05, 0.1) is 6.10 Å². The van der Waals surface area contributed by atoms with Gasteiger partial charge >= 0.3 is 0 Å². The molecule has 1 N–H and O–H groups in total. The van der Waals surface area contributed by atoms with Crippen LogP contribution in [0, 0.1) is 5.92 Å². The maximum absolute atomic E-state index is 11.0. The molecule has 2 atom stereocenters. The van der Waals surface area contributed by atoms with Gasteiger partial charge in [0.2, 0.25) is 0 Å². The second kappa shape index (κ2) is 6.93. The summed E-state index contributed by atoms with van der Waals surface area (Å²) in [5.74, 6) is 0.647. The summed E-state index contributed by atoms with van der Waals surface area (Å²) < 4.78 is 0. The van der Waals surface area contributed by atoms with Gasteiger partial charge < -0.3 is 5.11 Å². The first-order chi connectivity index (χ1) is 9.97. The Bertz CT molecular complexity index is 451. The van der Waals surface area contributed by atoms with Crippen LogP contribution in [0.5, 0.6) is 0 Å². The Labute approximate surface area is 130 Å². The van der Waals surface area contributed by atoms with Gasteiger partial charge in [0.1, 0.15) is 0 Å². The fourth-order valence-electron chi connectivity index (χ4n) is 3.54. The molecule has 1 saturated heterocycles. The SMILES string of the molecule is CCC(C)(C(O)c1cccc(CC(C)C)c1)N1CCCC1. The maximum Gasteiger partial charge on any atom is 0.0970 e. The Kier molecular flexibility index (Phi) is 5.45. The molecule has 0 saturated carbocycles. The lowest BCUT2D eigenvalue weighted by Crippen LogP contribution is -2.48. The van der Waals surface area contributed by atoms with Crippen molar-refractivity contribution in [3.8, 4) is 0 Å². The number of hydrogen-bond acceptors (Lipinski definition) is 2. The van der Waals surface area contributed by atoms with Crippen molar-refractivity contribution in [2.24, 2.45) is 5.92 Å². The van der Waals surface area contributed by atoms with E-state index in [9.17, 15) is 5.11 Å². The van der Waals surface area contributed by atoms with Crippen molar-refractivity contribution in [1.82, 2.24) is 4.90 Å². The maximum atomic E-state index is 11.0. The standard InChI is InChI=1S/C19H31NO/c1-5-19(4,20-11-6-7-12-20)18(21)17-10-8-9-16(14-17)13-15(2)3/h8-10,14-15,18,21H,5-7,11-13H2,1-4H3. The smallest absolute Gasteiger partial charge is 0.0970 e. The van der Waals surface area contributed by atoms with Crippen LogP contribution < -0.4 is 0 Å². The van der Waals surface area contributed by atoms with Crippen LogP contribution in [0.1, 0.15) is 64.2 Å². The topological polar surface area (TPSA) is 23.5 Å². The van der Waals surface area contributed by atoms with Gasteiger partial charge in [-0.05, 0) is 62.7 Å². The monoisotopic (exact) mass is 289 g/mol. The number of benzene rings is 1. The lowest BCUT2D eigenvalue weighted by Gasteiger charge is -2.42. The molecule has 0 spiro atoms. The molecule has 0 aliphatic carbocycles. The van der Waals surface area contributed by atoms with Crippen LogP contribution in [0.15, 0.2) is 24.3 Å². The molecule has 1 aliphatic rings.